The van der Waals surface area contributed by atoms with Crippen LogP contribution in [0.1, 0.15) is 64.7 Å². The highest BCUT2D eigenvalue weighted by atomic mass is 32.3. The number of likely N-dealkylation sites (N-methyl/N-ethyl adjacent to an activating group) is 1. The zero-order valence-corrected chi connectivity index (χ0v) is 14.2. The number of nitrogens with zero attached hydrogens (tertiary/aromatic N) is 1. The van der Waals surface area contributed by atoms with Crippen LogP contribution in [0.25, 0.3) is 0 Å². The summed E-state index contributed by atoms with van der Waals surface area (Å²) in [5, 5.41) is 0. The third-order valence-electron chi connectivity index (χ3n) is 3.41. The first-order chi connectivity index (χ1) is 9.78. The maximum atomic E-state index is 11.6. The minimum absolute atomic E-state index is 0.524. The highest BCUT2D eigenvalue weighted by molar-refractivity contribution is 7.81. The van der Waals surface area contributed by atoms with Gasteiger partial charge in [0, 0.05) is 0 Å². The molecule has 0 aliphatic heterocycles. The summed E-state index contributed by atoms with van der Waals surface area (Å²) in [5.74, 6) is -0.926. The largest absolute Gasteiger partial charge is 0.449 e. The molecule has 1 N–H and O–H groups in total. The van der Waals surface area contributed by atoms with Crippen molar-refractivity contribution in [3.05, 3.63) is 0 Å². The average Bonchev–Trinajstić information content (AvgIpc) is 2.34. The van der Waals surface area contributed by atoms with Gasteiger partial charge < -0.3 is 4.18 Å². The third kappa shape index (κ3) is 11.7. The lowest BCUT2D eigenvalue weighted by molar-refractivity contribution is -0.139. The summed E-state index contributed by atoms with van der Waals surface area (Å²) in [7, 11) is -1.36. The van der Waals surface area contributed by atoms with E-state index in [1.165, 1.54) is 32.1 Å². The Kier molecular flexibility index (Phi) is 10.6. The molecule has 1 atom stereocenters. The zero-order chi connectivity index (χ0) is 16.3. The van der Waals surface area contributed by atoms with E-state index in [1.54, 1.807) is 19.0 Å². The molecule has 0 amide bonds. The Morgan fingerprint density at radius 1 is 1.05 bits per heavy atom. The van der Waals surface area contributed by atoms with Gasteiger partial charge in [-0.2, -0.15) is 8.42 Å². The van der Waals surface area contributed by atoms with E-state index < -0.39 is 22.4 Å². The summed E-state index contributed by atoms with van der Waals surface area (Å²) >= 11 is 0. The number of rotatable bonds is 12. The van der Waals surface area contributed by atoms with Crippen LogP contribution in [-0.2, 0) is 19.4 Å². The molecule has 0 aromatic carbocycles. The lowest BCUT2D eigenvalue weighted by Crippen LogP contribution is -2.38. The van der Waals surface area contributed by atoms with Gasteiger partial charge in [0.15, 0.2) is 0 Å². The van der Waals surface area contributed by atoms with Crippen molar-refractivity contribution in [1.82, 2.24) is 4.90 Å². The second-order valence-electron chi connectivity index (χ2n) is 5.57. The zero-order valence-electron chi connectivity index (χ0n) is 13.4. The smallest absolute Gasteiger partial charge is 0.323 e. The first kappa shape index (κ1) is 20.3. The Morgan fingerprint density at radius 2 is 1.52 bits per heavy atom. The molecule has 0 radical (unpaired) electrons. The van der Waals surface area contributed by atoms with Crippen LogP contribution in [0.15, 0.2) is 0 Å². The van der Waals surface area contributed by atoms with Gasteiger partial charge in [-0.25, -0.2) is 4.79 Å². The van der Waals surface area contributed by atoms with E-state index in [-0.39, 0.29) is 0 Å². The molecule has 0 aromatic rings. The van der Waals surface area contributed by atoms with Crippen LogP contribution in [0.3, 0.4) is 0 Å². The lowest BCUT2D eigenvalue weighted by Gasteiger charge is -2.21. The number of carbonyl (C=O) groups is 1. The fourth-order valence-electron chi connectivity index (χ4n) is 2.22. The molecule has 0 fully saturated rings. The third-order valence-corrected chi connectivity index (χ3v) is 3.79. The van der Waals surface area contributed by atoms with Gasteiger partial charge in [0.05, 0.1) is 0 Å². The molecule has 0 rings (SSSR count). The predicted octanol–water partition coefficient (Wildman–Crippen LogP) is 2.79. The van der Waals surface area contributed by atoms with Crippen LogP contribution < -0.4 is 0 Å². The normalized spacial score (nSPS) is 13.4. The molecule has 0 aromatic heterocycles. The molecule has 6 nitrogen and oxygen atoms in total. The van der Waals surface area contributed by atoms with Crippen LogP contribution in [-0.4, -0.2) is 44.0 Å². The van der Waals surface area contributed by atoms with E-state index in [9.17, 15) is 13.2 Å². The molecule has 0 saturated carbocycles. The van der Waals surface area contributed by atoms with Crippen LogP contribution >= 0.6 is 0 Å². The second-order valence-corrected chi connectivity index (χ2v) is 6.60. The average molecular weight is 323 g/mol. The summed E-state index contributed by atoms with van der Waals surface area (Å²) in [6.45, 7) is 2.19. The molecule has 0 heterocycles. The predicted molar refractivity (Wildman–Crippen MR) is 82.3 cm³/mol. The fraction of sp³-hybridized carbons (Fsp3) is 0.929. The van der Waals surface area contributed by atoms with E-state index in [4.69, 9.17) is 4.55 Å². The van der Waals surface area contributed by atoms with Crippen molar-refractivity contribution in [2.45, 2.75) is 70.8 Å². The number of hydrogen-bond acceptors (Lipinski definition) is 5. The quantitative estimate of drug-likeness (QED) is 0.439. The van der Waals surface area contributed by atoms with E-state index in [1.807, 2.05) is 0 Å². The SMILES string of the molecule is CCCCCCCCCCC(C(=O)OS(=O)(=O)O)N(C)C. The molecule has 7 heteroatoms. The van der Waals surface area contributed by atoms with Crippen LogP contribution in [0.5, 0.6) is 0 Å². The summed E-state index contributed by atoms with van der Waals surface area (Å²) in [4.78, 5) is 13.2. The maximum Gasteiger partial charge on any atom is 0.449 e. The molecule has 0 aliphatic carbocycles. The molecule has 0 saturated heterocycles. The molecule has 0 bridgehead atoms. The van der Waals surface area contributed by atoms with E-state index in [0.717, 1.165) is 19.3 Å². The number of hydrogen-bond donors (Lipinski definition) is 1. The van der Waals surface area contributed by atoms with Gasteiger partial charge in [0.2, 0.25) is 0 Å². The van der Waals surface area contributed by atoms with Gasteiger partial charge in [-0.15, -0.1) is 0 Å². The highest BCUT2D eigenvalue weighted by Crippen LogP contribution is 2.13. The van der Waals surface area contributed by atoms with Crippen molar-refractivity contribution in [1.29, 1.82) is 0 Å². The molecule has 21 heavy (non-hydrogen) atoms. The van der Waals surface area contributed by atoms with Gasteiger partial charge in [0.1, 0.15) is 6.04 Å². The van der Waals surface area contributed by atoms with Crippen molar-refractivity contribution in [3.8, 4) is 0 Å². The van der Waals surface area contributed by atoms with Crippen LogP contribution in [0, 0.1) is 0 Å². The number of carbonyl (C=O) groups excluding carboxylic acids is 1. The molecular formula is C14H29NO5S. The Morgan fingerprint density at radius 3 is 1.95 bits per heavy atom. The summed E-state index contributed by atoms with van der Waals surface area (Å²) < 4.78 is 33.7. The summed E-state index contributed by atoms with van der Waals surface area (Å²) in [5.41, 5.74) is 0. The van der Waals surface area contributed by atoms with Crippen molar-refractivity contribution < 1.29 is 21.9 Å². The topological polar surface area (TPSA) is 83.9 Å². The van der Waals surface area contributed by atoms with Crippen LogP contribution in [0.2, 0.25) is 0 Å². The van der Waals surface area contributed by atoms with Crippen molar-refractivity contribution in [3.63, 3.8) is 0 Å². The van der Waals surface area contributed by atoms with Crippen molar-refractivity contribution in [2.75, 3.05) is 14.1 Å². The maximum absolute atomic E-state index is 11.6. The van der Waals surface area contributed by atoms with Gasteiger partial charge in [-0.1, -0.05) is 58.3 Å². The number of unbranched alkanes of at least 4 members (excludes halogenated alkanes) is 7. The minimum Gasteiger partial charge on any atom is -0.323 e. The first-order valence-corrected chi connectivity index (χ1v) is 9.01. The van der Waals surface area contributed by atoms with Crippen molar-refractivity contribution >= 4 is 16.4 Å². The molecular weight excluding hydrogens is 294 g/mol. The standard InChI is InChI=1S/C14H29NO5S/c1-4-5-6-7-8-9-10-11-12-13(15(2)3)14(16)20-21(17,18)19/h13H,4-12H2,1-3H3,(H,17,18,19). The van der Waals surface area contributed by atoms with E-state index in [2.05, 4.69) is 11.1 Å². The Balaban J connectivity index is 3.93. The van der Waals surface area contributed by atoms with E-state index >= 15 is 0 Å². The molecule has 0 spiro atoms. The van der Waals surface area contributed by atoms with Crippen LogP contribution in [0.4, 0.5) is 0 Å². The Hall–Kier alpha value is -0.660. The van der Waals surface area contributed by atoms with Gasteiger partial charge in [-0.3, -0.25) is 9.45 Å². The van der Waals surface area contributed by atoms with E-state index in [0.29, 0.717) is 6.42 Å². The van der Waals surface area contributed by atoms with Gasteiger partial charge in [0.25, 0.3) is 0 Å². The Bertz CT molecular complexity index is 381. The second kappa shape index (κ2) is 11.0. The first-order valence-electron chi connectivity index (χ1n) is 7.65. The summed E-state index contributed by atoms with van der Waals surface area (Å²) in [6, 6.07) is -0.646. The van der Waals surface area contributed by atoms with Crippen molar-refractivity contribution in [2.24, 2.45) is 0 Å². The van der Waals surface area contributed by atoms with Gasteiger partial charge >= 0.3 is 16.4 Å². The molecule has 126 valence electrons. The monoisotopic (exact) mass is 323 g/mol. The highest BCUT2D eigenvalue weighted by Gasteiger charge is 2.25. The summed E-state index contributed by atoms with van der Waals surface area (Å²) in [6.07, 6.45) is 9.72. The van der Waals surface area contributed by atoms with Gasteiger partial charge in [-0.05, 0) is 20.5 Å². The Labute approximate surface area is 128 Å². The molecule has 1 unspecified atom stereocenters. The lowest BCUT2D eigenvalue weighted by atomic mass is 10.0. The minimum atomic E-state index is -4.73. The fourth-order valence-corrected chi connectivity index (χ4v) is 2.54. The molecule has 0 aliphatic rings.